The smallest absolute Gasteiger partial charge is 0.223 e. The Kier molecular flexibility index (Phi) is 3.57. The standard InChI is InChI=1S/C13H13ClN4S/c14-9-3-1-2-4-10(9)19-7-11-16-12(8-5-6-8)18-13(15)17-11/h1-4,8H,5-7H2,(H2,15,16,17,18). The van der Waals surface area contributed by atoms with Crippen LogP contribution in [0.1, 0.15) is 30.4 Å². The Morgan fingerprint density at radius 1 is 1.21 bits per heavy atom. The lowest BCUT2D eigenvalue weighted by atomic mass is 10.4. The number of halogens is 1. The number of benzene rings is 1. The monoisotopic (exact) mass is 292 g/mol. The normalized spacial score (nSPS) is 14.6. The van der Waals surface area contributed by atoms with E-state index in [2.05, 4.69) is 15.0 Å². The van der Waals surface area contributed by atoms with Gasteiger partial charge in [0.15, 0.2) is 0 Å². The average molecular weight is 293 g/mol. The second-order valence-corrected chi connectivity index (χ2v) is 5.89. The summed E-state index contributed by atoms with van der Waals surface area (Å²) in [4.78, 5) is 13.9. The lowest BCUT2D eigenvalue weighted by Crippen LogP contribution is -2.05. The molecular formula is C13H13ClN4S. The Morgan fingerprint density at radius 3 is 2.74 bits per heavy atom. The van der Waals surface area contributed by atoms with E-state index in [0.717, 1.165) is 34.4 Å². The number of anilines is 1. The van der Waals surface area contributed by atoms with Crippen LogP contribution < -0.4 is 5.73 Å². The minimum Gasteiger partial charge on any atom is -0.368 e. The molecule has 1 aliphatic carbocycles. The zero-order valence-electron chi connectivity index (χ0n) is 10.2. The van der Waals surface area contributed by atoms with E-state index in [1.807, 2.05) is 24.3 Å². The van der Waals surface area contributed by atoms with E-state index in [4.69, 9.17) is 17.3 Å². The molecule has 0 amide bonds. The molecular weight excluding hydrogens is 280 g/mol. The van der Waals surface area contributed by atoms with E-state index < -0.39 is 0 Å². The van der Waals surface area contributed by atoms with Crippen LogP contribution in [0.2, 0.25) is 5.02 Å². The molecule has 1 aromatic heterocycles. The summed E-state index contributed by atoms with van der Waals surface area (Å²) in [5.41, 5.74) is 5.73. The molecule has 0 unspecified atom stereocenters. The maximum atomic E-state index is 6.11. The predicted octanol–water partition coefficient (Wildman–Crippen LogP) is 3.28. The van der Waals surface area contributed by atoms with E-state index in [1.165, 1.54) is 0 Å². The lowest BCUT2D eigenvalue weighted by Gasteiger charge is -2.05. The topological polar surface area (TPSA) is 64.7 Å². The van der Waals surface area contributed by atoms with E-state index in [1.54, 1.807) is 11.8 Å². The van der Waals surface area contributed by atoms with Crippen LogP contribution in [0.4, 0.5) is 5.95 Å². The summed E-state index contributed by atoms with van der Waals surface area (Å²) in [6.07, 6.45) is 2.31. The van der Waals surface area contributed by atoms with Crippen molar-refractivity contribution in [3.05, 3.63) is 40.9 Å². The third kappa shape index (κ3) is 3.16. The van der Waals surface area contributed by atoms with Gasteiger partial charge in [-0.1, -0.05) is 23.7 Å². The van der Waals surface area contributed by atoms with Crippen LogP contribution >= 0.6 is 23.4 Å². The molecule has 0 spiro atoms. The van der Waals surface area contributed by atoms with Crippen LogP contribution in [0.25, 0.3) is 0 Å². The van der Waals surface area contributed by atoms with E-state index in [9.17, 15) is 0 Å². The van der Waals surface area contributed by atoms with Gasteiger partial charge in [0.2, 0.25) is 5.95 Å². The number of nitrogen functional groups attached to an aromatic ring is 1. The molecule has 1 aliphatic rings. The zero-order valence-corrected chi connectivity index (χ0v) is 11.8. The lowest BCUT2D eigenvalue weighted by molar-refractivity contribution is 0.858. The molecule has 98 valence electrons. The molecule has 4 nitrogen and oxygen atoms in total. The van der Waals surface area contributed by atoms with Crippen molar-refractivity contribution in [1.29, 1.82) is 0 Å². The minimum absolute atomic E-state index is 0.312. The molecule has 1 aromatic carbocycles. The van der Waals surface area contributed by atoms with Gasteiger partial charge in [-0.3, -0.25) is 0 Å². The first-order valence-corrected chi connectivity index (χ1v) is 7.46. The van der Waals surface area contributed by atoms with Crippen LogP contribution in [0.15, 0.2) is 29.2 Å². The molecule has 2 aromatic rings. The first-order chi connectivity index (χ1) is 9.22. The van der Waals surface area contributed by atoms with Crippen LogP contribution in [-0.4, -0.2) is 15.0 Å². The molecule has 0 radical (unpaired) electrons. The molecule has 1 heterocycles. The van der Waals surface area contributed by atoms with Crippen LogP contribution in [-0.2, 0) is 5.75 Å². The highest BCUT2D eigenvalue weighted by Crippen LogP contribution is 2.38. The number of hydrogen-bond donors (Lipinski definition) is 1. The minimum atomic E-state index is 0.312. The highest BCUT2D eigenvalue weighted by Gasteiger charge is 2.27. The summed E-state index contributed by atoms with van der Waals surface area (Å²) in [6.45, 7) is 0. The maximum absolute atomic E-state index is 6.11. The zero-order chi connectivity index (χ0) is 13.2. The Bertz CT molecular complexity index is 601. The van der Waals surface area contributed by atoms with Gasteiger partial charge in [-0.25, -0.2) is 4.98 Å². The summed E-state index contributed by atoms with van der Waals surface area (Å²) in [6, 6.07) is 7.74. The summed E-state index contributed by atoms with van der Waals surface area (Å²) < 4.78 is 0. The predicted molar refractivity (Wildman–Crippen MR) is 77.2 cm³/mol. The van der Waals surface area contributed by atoms with E-state index >= 15 is 0 Å². The van der Waals surface area contributed by atoms with Gasteiger partial charge in [0, 0.05) is 10.8 Å². The van der Waals surface area contributed by atoms with Gasteiger partial charge in [-0.05, 0) is 25.0 Å². The van der Waals surface area contributed by atoms with Gasteiger partial charge >= 0.3 is 0 Å². The number of thioether (sulfide) groups is 1. The van der Waals surface area contributed by atoms with Crippen molar-refractivity contribution < 1.29 is 0 Å². The van der Waals surface area contributed by atoms with Gasteiger partial charge in [0.25, 0.3) is 0 Å². The largest absolute Gasteiger partial charge is 0.368 e. The van der Waals surface area contributed by atoms with Crippen molar-refractivity contribution in [3.63, 3.8) is 0 Å². The molecule has 0 saturated heterocycles. The average Bonchev–Trinajstić information content (AvgIpc) is 3.21. The van der Waals surface area contributed by atoms with Crippen molar-refractivity contribution >= 4 is 29.3 Å². The molecule has 0 aliphatic heterocycles. The molecule has 2 N–H and O–H groups in total. The van der Waals surface area contributed by atoms with Gasteiger partial charge in [-0.15, -0.1) is 11.8 Å². The Morgan fingerprint density at radius 2 is 2.00 bits per heavy atom. The van der Waals surface area contributed by atoms with Gasteiger partial charge in [0.1, 0.15) is 11.6 Å². The van der Waals surface area contributed by atoms with E-state index in [0.29, 0.717) is 17.6 Å². The van der Waals surface area contributed by atoms with Crippen LogP contribution in [0.5, 0.6) is 0 Å². The number of hydrogen-bond acceptors (Lipinski definition) is 5. The fraction of sp³-hybridized carbons (Fsp3) is 0.308. The first kappa shape index (κ1) is 12.7. The summed E-state index contributed by atoms with van der Waals surface area (Å²) in [7, 11) is 0. The van der Waals surface area contributed by atoms with Crippen LogP contribution in [0, 0.1) is 0 Å². The van der Waals surface area contributed by atoms with Crippen molar-refractivity contribution in [2.45, 2.75) is 29.4 Å². The Labute approximate surface area is 120 Å². The number of aromatic nitrogens is 3. The second-order valence-electron chi connectivity index (χ2n) is 4.46. The van der Waals surface area contributed by atoms with Gasteiger partial charge in [-0.2, -0.15) is 9.97 Å². The summed E-state index contributed by atoms with van der Waals surface area (Å²) in [5, 5.41) is 0.747. The van der Waals surface area contributed by atoms with Crippen molar-refractivity contribution in [2.75, 3.05) is 5.73 Å². The van der Waals surface area contributed by atoms with Crippen molar-refractivity contribution in [3.8, 4) is 0 Å². The Balaban J connectivity index is 1.74. The van der Waals surface area contributed by atoms with Crippen molar-refractivity contribution in [2.24, 2.45) is 0 Å². The number of nitrogens with zero attached hydrogens (tertiary/aromatic N) is 3. The molecule has 1 saturated carbocycles. The van der Waals surface area contributed by atoms with Crippen molar-refractivity contribution in [1.82, 2.24) is 15.0 Å². The third-order valence-corrected chi connectivity index (χ3v) is 4.36. The molecule has 0 bridgehead atoms. The Hall–Kier alpha value is -1.33. The highest BCUT2D eigenvalue weighted by atomic mass is 35.5. The number of nitrogens with two attached hydrogens (primary N) is 1. The van der Waals surface area contributed by atoms with Gasteiger partial charge in [0.05, 0.1) is 10.8 Å². The first-order valence-electron chi connectivity index (χ1n) is 6.10. The summed E-state index contributed by atoms with van der Waals surface area (Å²) >= 11 is 7.72. The fourth-order valence-corrected chi connectivity index (χ4v) is 2.84. The summed E-state index contributed by atoms with van der Waals surface area (Å²) in [5.74, 6) is 3.00. The van der Waals surface area contributed by atoms with Gasteiger partial charge < -0.3 is 5.73 Å². The van der Waals surface area contributed by atoms with E-state index in [-0.39, 0.29) is 0 Å². The molecule has 3 rings (SSSR count). The maximum Gasteiger partial charge on any atom is 0.223 e. The fourth-order valence-electron chi connectivity index (χ4n) is 1.75. The molecule has 19 heavy (non-hydrogen) atoms. The molecule has 6 heteroatoms. The second kappa shape index (κ2) is 5.35. The highest BCUT2D eigenvalue weighted by molar-refractivity contribution is 7.98. The SMILES string of the molecule is Nc1nc(CSc2ccccc2Cl)nc(C2CC2)n1. The van der Waals surface area contributed by atoms with Crippen LogP contribution in [0.3, 0.4) is 0 Å². The third-order valence-electron chi connectivity index (χ3n) is 2.85. The number of rotatable bonds is 4. The quantitative estimate of drug-likeness (QED) is 0.876. The molecule has 0 atom stereocenters. The molecule has 1 fully saturated rings.